The molecule has 0 aliphatic rings. The molecule has 0 aliphatic carbocycles. The molecule has 2 rings (SSSR count). The van der Waals surface area contributed by atoms with Crippen molar-refractivity contribution < 1.29 is 4.39 Å². The molecule has 19 heavy (non-hydrogen) atoms. The molecule has 3 nitrogen and oxygen atoms in total. The van der Waals surface area contributed by atoms with Gasteiger partial charge < -0.3 is 0 Å². The van der Waals surface area contributed by atoms with Gasteiger partial charge >= 0.3 is 0 Å². The molecular weight excluding hydrogens is 285 g/mol. The highest BCUT2D eigenvalue weighted by molar-refractivity contribution is 7.99. The van der Waals surface area contributed by atoms with Crippen molar-refractivity contribution in [3.8, 4) is 0 Å². The molecule has 6 heteroatoms. The van der Waals surface area contributed by atoms with E-state index in [0.717, 1.165) is 29.3 Å². The van der Waals surface area contributed by atoms with Gasteiger partial charge in [0.15, 0.2) is 0 Å². The molecule has 2 aromatic rings. The zero-order valence-corrected chi connectivity index (χ0v) is 12.2. The van der Waals surface area contributed by atoms with Crippen LogP contribution in [0.2, 0.25) is 0 Å². The van der Waals surface area contributed by atoms with E-state index in [0.29, 0.717) is 0 Å². The highest BCUT2D eigenvalue weighted by Gasteiger charge is 2.09. The number of hydrogen-bond donors (Lipinski definition) is 0. The molecule has 0 saturated heterocycles. The van der Waals surface area contributed by atoms with Crippen LogP contribution in [-0.4, -0.2) is 20.7 Å². The molecular formula is C13H15ClFN3S. The summed E-state index contributed by atoms with van der Waals surface area (Å²) in [6.07, 6.45) is 2.72. The maximum absolute atomic E-state index is 12.7. The first-order chi connectivity index (χ1) is 9.19. The van der Waals surface area contributed by atoms with E-state index in [1.165, 1.54) is 12.1 Å². The summed E-state index contributed by atoms with van der Waals surface area (Å²) < 4.78 is 14.5. The van der Waals surface area contributed by atoms with Gasteiger partial charge in [-0.25, -0.2) is 4.39 Å². The van der Waals surface area contributed by atoms with Gasteiger partial charge in [0.25, 0.3) is 0 Å². The fourth-order valence-electron chi connectivity index (χ4n) is 1.56. The second kappa shape index (κ2) is 6.91. The first kappa shape index (κ1) is 14.3. The van der Waals surface area contributed by atoms with Crippen LogP contribution in [-0.2, 0) is 6.54 Å². The topological polar surface area (TPSA) is 30.7 Å². The van der Waals surface area contributed by atoms with E-state index >= 15 is 0 Å². The lowest BCUT2D eigenvalue weighted by molar-refractivity contribution is 0.626. The maximum Gasteiger partial charge on any atom is 0.123 e. The summed E-state index contributed by atoms with van der Waals surface area (Å²) in [6, 6.07) is 6.49. The Balaban J connectivity index is 1.82. The van der Waals surface area contributed by atoms with Gasteiger partial charge in [0, 0.05) is 16.8 Å². The van der Waals surface area contributed by atoms with Crippen LogP contribution in [0.4, 0.5) is 4.39 Å². The highest BCUT2D eigenvalue weighted by atomic mass is 35.5. The van der Waals surface area contributed by atoms with Crippen LogP contribution in [0.25, 0.3) is 0 Å². The van der Waals surface area contributed by atoms with Gasteiger partial charge in [0.2, 0.25) is 0 Å². The van der Waals surface area contributed by atoms with Gasteiger partial charge in [-0.05, 0) is 30.7 Å². The third kappa shape index (κ3) is 4.21. The molecule has 0 fully saturated rings. The van der Waals surface area contributed by atoms with Crippen LogP contribution in [0.3, 0.4) is 0 Å². The van der Waals surface area contributed by atoms with Gasteiger partial charge in [0.05, 0.1) is 11.9 Å². The fourth-order valence-corrected chi connectivity index (χ4v) is 2.51. The number of benzene rings is 1. The molecule has 0 amide bonds. The molecule has 1 aromatic carbocycles. The first-order valence-electron chi connectivity index (χ1n) is 6.11. The Bertz CT molecular complexity index is 515. The normalized spacial score (nSPS) is 12.6. The summed E-state index contributed by atoms with van der Waals surface area (Å²) >= 11 is 7.75. The first-order valence-corrected chi connectivity index (χ1v) is 7.53. The van der Waals surface area contributed by atoms with Gasteiger partial charge in [-0.3, -0.25) is 4.68 Å². The minimum absolute atomic E-state index is 0.0708. The summed E-state index contributed by atoms with van der Waals surface area (Å²) in [7, 11) is 0. The largest absolute Gasteiger partial charge is 0.251 e. The molecule has 0 N–H and O–H groups in total. The number of hydrogen-bond acceptors (Lipinski definition) is 3. The maximum atomic E-state index is 12.7. The van der Waals surface area contributed by atoms with E-state index in [4.69, 9.17) is 11.6 Å². The summed E-state index contributed by atoms with van der Waals surface area (Å²) in [6.45, 7) is 2.77. The van der Waals surface area contributed by atoms with Crippen molar-refractivity contribution >= 4 is 23.4 Å². The minimum atomic E-state index is -0.210. The van der Waals surface area contributed by atoms with Crippen LogP contribution in [0.15, 0.2) is 35.4 Å². The SMILES string of the molecule is CCC(Cl)c1cn(CCSc2ccc(F)cc2)nn1. The van der Waals surface area contributed by atoms with Gasteiger partial charge in [-0.2, -0.15) is 0 Å². The third-order valence-electron chi connectivity index (χ3n) is 2.64. The van der Waals surface area contributed by atoms with Crippen molar-refractivity contribution in [3.63, 3.8) is 0 Å². The van der Waals surface area contributed by atoms with Crippen molar-refractivity contribution in [2.75, 3.05) is 5.75 Å². The smallest absolute Gasteiger partial charge is 0.123 e. The fraction of sp³-hybridized carbons (Fsp3) is 0.385. The lowest BCUT2D eigenvalue weighted by atomic mass is 10.3. The van der Waals surface area contributed by atoms with E-state index in [1.807, 2.05) is 13.1 Å². The van der Waals surface area contributed by atoms with Crippen molar-refractivity contribution in [2.24, 2.45) is 0 Å². The van der Waals surface area contributed by atoms with E-state index in [-0.39, 0.29) is 11.2 Å². The number of thioether (sulfide) groups is 1. The summed E-state index contributed by atoms with van der Waals surface area (Å²) in [5.74, 6) is 0.644. The molecule has 1 unspecified atom stereocenters. The van der Waals surface area contributed by atoms with Crippen LogP contribution < -0.4 is 0 Å². The molecule has 1 aromatic heterocycles. The summed E-state index contributed by atoms with van der Waals surface area (Å²) in [5.41, 5.74) is 0.816. The Hall–Kier alpha value is -1.07. The Morgan fingerprint density at radius 1 is 1.37 bits per heavy atom. The van der Waals surface area contributed by atoms with Crippen molar-refractivity contribution in [1.29, 1.82) is 0 Å². The predicted octanol–water partition coefficient (Wildman–Crippen LogP) is 3.90. The number of rotatable bonds is 6. The summed E-state index contributed by atoms with van der Waals surface area (Å²) in [4.78, 5) is 1.05. The van der Waals surface area contributed by atoms with Gasteiger partial charge in [-0.1, -0.05) is 12.1 Å². The standard InChI is InChI=1S/C13H15ClFN3S/c1-2-12(14)13-9-18(17-16-13)7-8-19-11-5-3-10(15)4-6-11/h3-6,9,12H,2,7-8H2,1H3. The predicted molar refractivity (Wildman–Crippen MR) is 76.0 cm³/mol. The number of aryl methyl sites for hydroxylation is 1. The van der Waals surface area contributed by atoms with Gasteiger partial charge in [0.1, 0.15) is 11.5 Å². The molecule has 0 saturated carbocycles. The second-order valence-corrected chi connectivity index (χ2v) is 5.78. The minimum Gasteiger partial charge on any atom is -0.251 e. The number of aromatic nitrogens is 3. The quantitative estimate of drug-likeness (QED) is 0.599. The van der Waals surface area contributed by atoms with Crippen LogP contribution in [0, 0.1) is 5.82 Å². The van der Waals surface area contributed by atoms with Gasteiger partial charge in [-0.15, -0.1) is 28.5 Å². The van der Waals surface area contributed by atoms with E-state index in [9.17, 15) is 4.39 Å². The molecule has 0 radical (unpaired) electrons. The number of alkyl halides is 1. The molecule has 1 atom stereocenters. The van der Waals surface area contributed by atoms with Crippen LogP contribution in [0.5, 0.6) is 0 Å². The second-order valence-electron chi connectivity index (χ2n) is 4.08. The number of halogens is 2. The van der Waals surface area contributed by atoms with E-state index < -0.39 is 0 Å². The van der Waals surface area contributed by atoms with Crippen LogP contribution in [0.1, 0.15) is 24.4 Å². The average molecular weight is 300 g/mol. The Kier molecular flexibility index (Phi) is 5.22. The van der Waals surface area contributed by atoms with Crippen LogP contribution >= 0.6 is 23.4 Å². The van der Waals surface area contributed by atoms with Crippen molar-refractivity contribution in [2.45, 2.75) is 30.2 Å². The van der Waals surface area contributed by atoms with Crippen molar-refractivity contribution in [3.05, 3.63) is 42.0 Å². The molecule has 1 heterocycles. The average Bonchev–Trinajstić information content (AvgIpc) is 2.89. The highest BCUT2D eigenvalue weighted by Crippen LogP contribution is 2.21. The third-order valence-corrected chi connectivity index (χ3v) is 4.16. The van der Waals surface area contributed by atoms with E-state index in [2.05, 4.69) is 10.3 Å². The van der Waals surface area contributed by atoms with Crippen molar-refractivity contribution in [1.82, 2.24) is 15.0 Å². The Morgan fingerprint density at radius 3 is 2.79 bits per heavy atom. The van der Waals surface area contributed by atoms with E-state index in [1.54, 1.807) is 28.6 Å². The Morgan fingerprint density at radius 2 is 2.11 bits per heavy atom. The monoisotopic (exact) mass is 299 g/mol. The lowest BCUT2D eigenvalue weighted by Gasteiger charge is -2.02. The molecule has 0 aliphatic heterocycles. The lowest BCUT2D eigenvalue weighted by Crippen LogP contribution is -2.01. The molecule has 102 valence electrons. The Labute approximate surface area is 121 Å². The zero-order chi connectivity index (χ0) is 13.7. The molecule has 0 spiro atoms. The summed E-state index contributed by atoms with van der Waals surface area (Å²) in [5, 5.41) is 8.01. The molecule has 0 bridgehead atoms. The zero-order valence-electron chi connectivity index (χ0n) is 10.6. The number of nitrogens with zero attached hydrogens (tertiary/aromatic N) is 3.